The number of nitrogens with zero attached hydrogens (tertiary/aromatic N) is 1. The Hall–Kier alpha value is -3.01. The minimum absolute atomic E-state index is 0.00902. The average Bonchev–Trinajstić information content (AvgIpc) is 2.62. The number of nitro groups is 1. The lowest BCUT2D eigenvalue weighted by Crippen LogP contribution is -2.33. The van der Waals surface area contributed by atoms with Gasteiger partial charge in [0, 0.05) is 12.1 Å². The maximum Gasteiger partial charge on any atom is 0.335 e. The number of carbonyl (C=O) groups excluding carboxylic acids is 1. The summed E-state index contributed by atoms with van der Waals surface area (Å²) in [5.74, 6) is -1.75. The van der Waals surface area contributed by atoms with Crippen molar-refractivity contribution in [2.24, 2.45) is 0 Å². The summed E-state index contributed by atoms with van der Waals surface area (Å²) in [4.78, 5) is 33.2. The maximum atomic E-state index is 12.0. The molecule has 0 saturated carbocycles. The Morgan fingerprint density at radius 2 is 1.82 bits per heavy atom. The lowest BCUT2D eigenvalue weighted by atomic mass is 10.2. The van der Waals surface area contributed by atoms with Crippen LogP contribution in [-0.2, 0) is 4.79 Å². The van der Waals surface area contributed by atoms with Crippen molar-refractivity contribution in [1.82, 2.24) is 5.32 Å². The number of halogens is 2. The number of hydrogen-bond acceptors (Lipinski definition) is 5. The van der Waals surface area contributed by atoms with Gasteiger partial charge in [-0.05, 0) is 48.1 Å². The molecule has 3 N–H and O–H groups in total. The minimum Gasteiger partial charge on any atom is -0.478 e. The van der Waals surface area contributed by atoms with E-state index >= 15 is 0 Å². The Kier molecular flexibility index (Phi) is 7.05. The van der Waals surface area contributed by atoms with E-state index in [2.05, 4.69) is 10.6 Å². The van der Waals surface area contributed by atoms with Crippen LogP contribution in [-0.4, -0.2) is 27.0 Å². The number of aromatic carboxylic acids is 1. The predicted molar refractivity (Wildman–Crippen MR) is 110 cm³/mol. The Morgan fingerprint density at radius 3 is 2.46 bits per heavy atom. The SMILES string of the molecule is O=C(C=Cc1ccc(Cl)c([N+](=O)[O-])c1)NC(=S)Nc1cc(C(=O)O)ccc1Cl. The van der Waals surface area contributed by atoms with Gasteiger partial charge < -0.3 is 10.4 Å². The summed E-state index contributed by atoms with van der Waals surface area (Å²) in [7, 11) is 0. The van der Waals surface area contributed by atoms with Gasteiger partial charge in [-0.3, -0.25) is 20.2 Å². The Bertz CT molecular complexity index is 1010. The van der Waals surface area contributed by atoms with Crippen LogP contribution in [0.15, 0.2) is 42.5 Å². The molecule has 28 heavy (non-hydrogen) atoms. The zero-order valence-electron chi connectivity index (χ0n) is 13.8. The number of anilines is 1. The summed E-state index contributed by atoms with van der Waals surface area (Å²) in [5.41, 5.74) is 0.311. The lowest BCUT2D eigenvalue weighted by Gasteiger charge is -2.10. The number of carboxylic acids is 1. The number of nitro benzene ring substituents is 1. The molecule has 8 nitrogen and oxygen atoms in total. The minimum atomic E-state index is -1.14. The van der Waals surface area contributed by atoms with Crippen molar-refractivity contribution in [2.75, 3.05) is 5.32 Å². The molecule has 144 valence electrons. The number of carboxylic acid groups (broad SMARTS) is 1. The number of thiocarbonyl (C=S) groups is 1. The second kappa shape index (κ2) is 9.27. The van der Waals surface area contributed by atoms with Crippen LogP contribution in [0, 0.1) is 10.1 Å². The number of benzene rings is 2. The van der Waals surface area contributed by atoms with E-state index in [9.17, 15) is 19.7 Å². The molecule has 2 aromatic rings. The zero-order valence-corrected chi connectivity index (χ0v) is 16.1. The fraction of sp³-hybridized carbons (Fsp3) is 0. The molecule has 1 amide bonds. The first-order chi connectivity index (χ1) is 13.2. The van der Waals surface area contributed by atoms with Crippen LogP contribution >= 0.6 is 35.4 Å². The second-order valence-electron chi connectivity index (χ2n) is 5.24. The molecule has 11 heteroatoms. The molecule has 0 fully saturated rings. The largest absolute Gasteiger partial charge is 0.478 e. The van der Waals surface area contributed by atoms with Gasteiger partial charge in [0.2, 0.25) is 5.91 Å². The first-order valence-electron chi connectivity index (χ1n) is 7.44. The zero-order chi connectivity index (χ0) is 20.8. The summed E-state index contributed by atoms with van der Waals surface area (Å²) in [6.45, 7) is 0. The van der Waals surface area contributed by atoms with E-state index in [1.165, 1.54) is 42.5 Å². The highest BCUT2D eigenvalue weighted by Crippen LogP contribution is 2.25. The second-order valence-corrected chi connectivity index (χ2v) is 6.47. The number of rotatable bonds is 5. The summed E-state index contributed by atoms with van der Waals surface area (Å²) in [6.07, 6.45) is 2.47. The third kappa shape index (κ3) is 5.74. The van der Waals surface area contributed by atoms with E-state index in [-0.39, 0.29) is 32.1 Å². The van der Waals surface area contributed by atoms with Gasteiger partial charge >= 0.3 is 5.97 Å². The smallest absolute Gasteiger partial charge is 0.335 e. The van der Waals surface area contributed by atoms with Crippen LogP contribution in [0.25, 0.3) is 6.08 Å². The van der Waals surface area contributed by atoms with E-state index < -0.39 is 16.8 Å². The van der Waals surface area contributed by atoms with Gasteiger partial charge in [0.25, 0.3) is 5.69 Å². The summed E-state index contributed by atoms with van der Waals surface area (Å²) in [6, 6.07) is 8.05. The number of amides is 1. The van der Waals surface area contributed by atoms with E-state index in [4.69, 9.17) is 40.5 Å². The van der Waals surface area contributed by atoms with Gasteiger partial charge in [-0.2, -0.15) is 0 Å². The molecule has 0 unspecified atom stereocenters. The van der Waals surface area contributed by atoms with Crippen molar-refractivity contribution in [1.29, 1.82) is 0 Å². The average molecular weight is 440 g/mol. The summed E-state index contributed by atoms with van der Waals surface area (Å²) in [5, 5.41) is 24.9. The van der Waals surface area contributed by atoms with Crippen LogP contribution in [0.3, 0.4) is 0 Å². The predicted octanol–water partition coefficient (Wildman–Crippen LogP) is 4.13. The molecular formula is C17H11Cl2N3O5S. The molecule has 0 aliphatic carbocycles. The quantitative estimate of drug-likeness (QED) is 0.277. The van der Waals surface area contributed by atoms with E-state index in [1.54, 1.807) is 0 Å². The molecule has 0 aliphatic heterocycles. The maximum absolute atomic E-state index is 12.0. The third-order valence-corrected chi connectivity index (χ3v) is 4.15. The summed E-state index contributed by atoms with van der Waals surface area (Å²) >= 11 is 16.7. The van der Waals surface area contributed by atoms with Crippen LogP contribution in [0.2, 0.25) is 10.0 Å². The molecule has 0 bridgehead atoms. The molecule has 0 heterocycles. The Labute approximate surface area is 173 Å². The highest BCUT2D eigenvalue weighted by atomic mass is 35.5. The molecule has 0 saturated heterocycles. The highest BCUT2D eigenvalue weighted by Gasteiger charge is 2.12. The molecule has 0 radical (unpaired) electrons. The van der Waals surface area contributed by atoms with Crippen LogP contribution in [0.4, 0.5) is 11.4 Å². The van der Waals surface area contributed by atoms with Crippen LogP contribution in [0.5, 0.6) is 0 Å². The molecule has 2 rings (SSSR count). The van der Waals surface area contributed by atoms with Crippen molar-refractivity contribution < 1.29 is 19.6 Å². The fourth-order valence-electron chi connectivity index (χ4n) is 2.01. The lowest BCUT2D eigenvalue weighted by molar-refractivity contribution is -0.384. The van der Waals surface area contributed by atoms with Gasteiger partial charge in [-0.15, -0.1) is 0 Å². The highest BCUT2D eigenvalue weighted by molar-refractivity contribution is 7.80. The van der Waals surface area contributed by atoms with E-state index in [0.29, 0.717) is 5.56 Å². The van der Waals surface area contributed by atoms with Crippen molar-refractivity contribution in [3.63, 3.8) is 0 Å². The van der Waals surface area contributed by atoms with Gasteiger partial charge in [0.15, 0.2) is 5.11 Å². The van der Waals surface area contributed by atoms with Gasteiger partial charge in [-0.25, -0.2) is 4.79 Å². The molecular weight excluding hydrogens is 429 g/mol. The van der Waals surface area contributed by atoms with Crippen molar-refractivity contribution in [3.05, 3.63) is 73.8 Å². The molecule has 0 spiro atoms. The van der Waals surface area contributed by atoms with Crippen LogP contribution in [0.1, 0.15) is 15.9 Å². The molecule has 2 aromatic carbocycles. The third-order valence-electron chi connectivity index (χ3n) is 3.29. The normalized spacial score (nSPS) is 10.5. The topological polar surface area (TPSA) is 122 Å². The van der Waals surface area contributed by atoms with Crippen molar-refractivity contribution in [2.45, 2.75) is 0 Å². The van der Waals surface area contributed by atoms with Crippen molar-refractivity contribution >= 4 is 69.9 Å². The van der Waals surface area contributed by atoms with E-state index in [0.717, 1.165) is 6.08 Å². The first kappa shape index (κ1) is 21.3. The monoisotopic (exact) mass is 439 g/mol. The summed E-state index contributed by atoms with van der Waals surface area (Å²) < 4.78 is 0. The Morgan fingerprint density at radius 1 is 1.14 bits per heavy atom. The molecule has 0 aromatic heterocycles. The first-order valence-corrected chi connectivity index (χ1v) is 8.60. The molecule has 0 aliphatic rings. The van der Waals surface area contributed by atoms with Gasteiger partial charge in [0.05, 0.1) is 21.2 Å². The van der Waals surface area contributed by atoms with Crippen molar-refractivity contribution in [3.8, 4) is 0 Å². The standard InChI is InChI=1S/C17H11Cl2N3O5S/c18-11-5-3-10(16(24)25)8-13(11)20-17(28)21-15(23)6-2-9-1-4-12(19)14(7-9)22(26)27/h1-8H,(H,24,25)(H2,20,21,23,28). The number of nitrogens with one attached hydrogen (secondary N) is 2. The van der Waals surface area contributed by atoms with E-state index in [1.807, 2.05) is 0 Å². The van der Waals surface area contributed by atoms with Gasteiger partial charge in [-0.1, -0.05) is 29.3 Å². The molecule has 0 atom stereocenters. The van der Waals surface area contributed by atoms with Crippen LogP contribution < -0.4 is 10.6 Å². The number of carbonyl (C=O) groups is 2. The fourth-order valence-corrected chi connectivity index (χ4v) is 2.57. The Balaban J connectivity index is 2.03. The van der Waals surface area contributed by atoms with Gasteiger partial charge in [0.1, 0.15) is 5.02 Å². The number of hydrogen-bond donors (Lipinski definition) is 3.